The van der Waals surface area contributed by atoms with Gasteiger partial charge in [0.2, 0.25) is 0 Å². The molecule has 0 aromatic carbocycles. The Morgan fingerprint density at radius 1 is 1.53 bits per heavy atom. The van der Waals surface area contributed by atoms with Crippen molar-refractivity contribution in [3.05, 3.63) is 28.1 Å². The lowest BCUT2D eigenvalue weighted by molar-refractivity contribution is 0.109. The minimum atomic E-state index is 0.595. The van der Waals surface area contributed by atoms with Crippen molar-refractivity contribution >= 4 is 22.9 Å². The van der Waals surface area contributed by atoms with Crippen molar-refractivity contribution in [1.82, 2.24) is 9.78 Å². The van der Waals surface area contributed by atoms with Gasteiger partial charge < -0.3 is 4.74 Å². The van der Waals surface area contributed by atoms with Crippen LogP contribution in [0.25, 0.3) is 11.3 Å². The highest BCUT2D eigenvalue weighted by atomic mass is 35.5. The average Bonchev–Trinajstić information content (AvgIpc) is 2.97. The largest absolute Gasteiger partial charge is 0.376 e. The van der Waals surface area contributed by atoms with Crippen LogP contribution in [0.2, 0.25) is 0 Å². The molecule has 17 heavy (non-hydrogen) atoms. The molecule has 3 heterocycles. The van der Waals surface area contributed by atoms with Crippen molar-refractivity contribution in [2.45, 2.75) is 19.6 Å². The topological polar surface area (TPSA) is 27.1 Å². The number of aryl methyl sites for hydroxylation is 1. The third-order valence-corrected chi connectivity index (χ3v) is 3.84. The number of ether oxygens (including phenoxy) is 1. The highest BCUT2D eigenvalue weighted by Gasteiger charge is 2.21. The Kier molecular flexibility index (Phi) is 3.18. The van der Waals surface area contributed by atoms with Crippen molar-refractivity contribution in [2.24, 2.45) is 0 Å². The van der Waals surface area contributed by atoms with E-state index in [4.69, 9.17) is 16.3 Å². The summed E-state index contributed by atoms with van der Waals surface area (Å²) in [6.45, 7) is 2.22. The molecule has 1 aliphatic rings. The molecule has 2 aromatic rings. The van der Waals surface area contributed by atoms with Gasteiger partial charge in [-0.15, -0.1) is 11.6 Å². The van der Waals surface area contributed by atoms with Crippen LogP contribution in [0.4, 0.5) is 0 Å². The predicted molar refractivity (Wildman–Crippen MR) is 69.6 cm³/mol. The Balaban J connectivity index is 2.09. The molecular formula is C12H13ClN2OS. The summed E-state index contributed by atoms with van der Waals surface area (Å²) in [5.41, 5.74) is 4.77. The smallest absolute Gasteiger partial charge is 0.0989 e. The number of halogens is 1. The molecule has 0 atom stereocenters. The highest BCUT2D eigenvalue weighted by molar-refractivity contribution is 7.08. The molecule has 0 N–H and O–H groups in total. The Labute approximate surface area is 109 Å². The van der Waals surface area contributed by atoms with E-state index in [0.29, 0.717) is 12.5 Å². The molecule has 0 unspecified atom stereocenters. The second kappa shape index (κ2) is 4.80. The Bertz CT molecular complexity index is 507. The molecule has 0 saturated carbocycles. The molecule has 0 fully saturated rings. The Hall–Kier alpha value is -0.840. The maximum absolute atomic E-state index is 5.82. The van der Waals surface area contributed by atoms with Crippen LogP contribution in [0.3, 0.4) is 0 Å². The van der Waals surface area contributed by atoms with E-state index in [2.05, 4.69) is 21.9 Å². The molecule has 3 nitrogen and oxygen atoms in total. The van der Waals surface area contributed by atoms with Crippen LogP contribution >= 0.6 is 22.9 Å². The van der Waals surface area contributed by atoms with Gasteiger partial charge in [0.1, 0.15) is 0 Å². The third kappa shape index (κ3) is 2.01. The third-order valence-electron chi connectivity index (χ3n) is 2.99. The van der Waals surface area contributed by atoms with Gasteiger partial charge in [0.15, 0.2) is 0 Å². The van der Waals surface area contributed by atoms with Crippen molar-refractivity contribution in [3.8, 4) is 11.3 Å². The molecule has 1 aliphatic heterocycles. The van der Waals surface area contributed by atoms with E-state index in [0.717, 1.165) is 25.3 Å². The lowest BCUT2D eigenvalue weighted by atomic mass is 10.1. The van der Waals surface area contributed by atoms with Crippen LogP contribution in [0.1, 0.15) is 11.3 Å². The van der Waals surface area contributed by atoms with Crippen LogP contribution in [-0.2, 0) is 24.3 Å². The lowest BCUT2D eigenvalue weighted by Crippen LogP contribution is -2.14. The summed E-state index contributed by atoms with van der Waals surface area (Å²) >= 11 is 7.51. The average molecular weight is 269 g/mol. The van der Waals surface area contributed by atoms with E-state index < -0.39 is 0 Å². The van der Waals surface area contributed by atoms with Gasteiger partial charge in [0, 0.05) is 34.5 Å². The van der Waals surface area contributed by atoms with E-state index in [-0.39, 0.29) is 0 Å². The van der Waals surface area contributed by atoms with Crippen LogP contribution in [0.5, 0.6) is 0 Å². The first-order chi connectivity index (χ1) is 8.40. The summed E-state index contributed by atoms with van der Waals surface area (Å²) < 4.78 is 7.58. The van der Waals surface area contributed by atoms with Crippen LogP contribution < -0.4 is 0 Å². The van der Waals surface area contributed by atoms with Crippen LogP contribution in [-0.4, -0.2) is 22.3 Å². The number of rotatable bonds is 3. The molecule has 0 amide bonds. The second-order valence-corrected chi connectivity index (χ2v) is 5.16. The number of thiophene rings is 1. The zero-order chi connectivity index (χ0) is 11.7. The quantitative estimate of drug-likeness (QED) is 0.801. The van der Waals surface area contributed by atoms with Gasteiger partial charge in [0.25, 0.3) is 0 Å². The predicted octanol–water partition coefficient (Wildman–Crippen LogP) is 2.92. The van der Waals surface area contributed by atoms with Gasteiger partial charge in [-0.05, 0) is 11.4 Å². The molecule has 90 valence electrons. The number of hydrogen-bond acceptors (Lipinski definition) is 3. The minimum Gasteiger partial charge on any atom is -0.376 e. The molecule has 0 saturated heterocycles. The van der Waals surface area contributed by atoms with E-state index in [9.17, 15) is 0 Å². The van der Waals surface area contributed by atoms with Gasteiger partial charge in [-0.2, -0.15) is 16.4 Å². The Morgan fingerprint density at radius 3 is 3.24 bits per heavy atom. The lowest BCUT2D eigenvalue weighted by Gasteiger charge is -2.14. The van der Waals surface area contributed by atoms with Crippen molar-refractivity contribution < 1.29 is 4.74 Å². The summed E-state index contributed by atoms with van der Waals surface area (Å²) in [6, 6.07) is 2.10. The molecule has 2 aromatic heterocycles. The highest BCUT2D eigenvalue weighted by Crippen LogP contribution is 2.30. The zero-order valence-electron chi connectivity index (χ0n) is 9.36. The van der Waals surface area contributed by atoms with E-state index in [1.165, 1.54) is 16.8 Å². The van der Waals surface area contributed by atoms with Crippen LogP contribution in [0, 0.1) is 0 Å². The summed E-state index contributed by atoms with van der Waals surface area (Å²) in [7, 11) is 0. The van der Waals surface area contributed by atoms with Gasteiger partial charge >= 0.3 is 0 Å². The summed E-state index contributed by atoms with van der Waals surface area (Å²) in [6.07, 6.45) is 0.934. The molecular weight excluding hydrogens is 256 g/mol. The van der Waals surface area contributed by atoms with Crippen molar-refractivity contribution in [3.63, 3.8) is 0 Å². The number of alkyl halides is 1. The van der Waals surface area contributed by atoms with Crippen LogP contribution in [0.15, 0.2) is 16.8 Å². The first-order valence-electron chi connectivity index (χ1n) is 5.65. The maximum atomic E-state index is 5.82. The van der Waals surface area contributed by atoms with Gasteiger partial charge in [-0.1, -0.05) is 0 Å². The fourth-order valence-corrected chi connectivity index (χ4v) is 3.01. The minimum absolute atomic E-state index is 0.595. The first kappa shape index (κ1) is 11.3. The number of nitrogens with zero attached hydrogens (tertiary/aromatic N) is 2. The SMILES string of the molecule is ClCCn1nc(-c2ccsc2)c2c1CCOC2. The number of fused-ring (bicyclic) bond motifs is 1. The summed E-state index contributed by atoms with van der Waals surface area (Å²) in [5.74, 6) is 0.595. The number of hydrogen-bond donors (Lipinski definition) is 0. The van der Waals surface area contributed by atoms with Gasteiger partial charge in [-0.25, -0.2) is 0 Å². The molecule has 5 heteroatoms. The second-order valence-electron chi connectivity index (χ2n) is 4.00. The van der Waals surface area contributed by atoms with Gasteiger partial charge in [0.05, 0.1) is 25.5 Å². The summed E-state index contributed by atoms with van der Waals surface area (Å²) in [5, 5.41) is 8.89. The fraction of sp³-hybridized carbons (Fsp3) is 0.417. The molecule has 0 radical (unpaired) electrons. The van der Waals surface area contributed by atoms with E-state index in [1.807, 2.05) is 4.68 Å². The van der Waals surface area contributed by atoms with E-state index >= 15 is 0 Å². The van der Waals surface area contributed by atoms with Crippen molar-refractivity contribution in [1.29, 1.82) is 0 Å². The first-order valence-corrected chi connectivity index (χ1v) is 7.12. The monoisotopic (exact) mass is 268 g/mol. The summed E-state index contributed by atoms with van der Waals surface area (Å²) in [4.78, 5) is 0. The van der Waals surface area contributed by atoms with E-state index in [1.54, 1.807) is 11.3 Å². The molecule has 0 spiro atoms. The molecule has 0 aliphatic carbocycles. The normalized spacial score (nSPS) is 14.9. The fourth-order valence-electron chi connectivity index (χ4n) is 2.20. The Morgan fingerprint density at radius 2 is 2.47 bits per heavy atom. The standard InChI is InChI=1S/C12H13ClN2OS/c13-3-4-15-11-1-5-16-7-10(11)12(14-15)9-2-6-17-8-9/h2,6,8H,1,3-5,7H2. The zero-order valence-corrected chi connectivity index (χ0v) is 10.9. The number of aromatic nitrogens is 2. The van der Waals surface area contributed by atoms with Gasteiger partial charge in [-0.3, -0.25) is 4.68 Å². The maximum Gasteiger partial charge on any atom is 0.0989 e. The molecule has 3 rings (SSSR count). The molecule has 0 bridgehead atoms. The van der Waals surface area contributed by atoms with Crippen molar-refractivity contribution in [2.75, 3.05) is 12.5 Å².